The van der Waals surface area contributed by atoms with E-state index in [2.05, 4.69) is 5.32 Å². The summed E-state index contributed by atoms with van der Waals surface area (Å²) in [4.78, 5) is 22.5. The Kier molecular flexibility index (Phi) is 6.65. The second-order valence-corrected chi connectivity index (χ2v) is 5.04. The van der Waals surface area contributed by atoms with Gasteiger partial charge in [-0.3, -0.25) is 9.59 Å². The number of para-hydroxylation sites is 1. The van der Waals surface area contributed by atoms with Crippen LogP contribution in [0.25, 0.3) is 0 Å². The highest BCUT2D eigenvalue weighted by molar-refractivity contribution is 5.77. The first-order valence-electron chi connectivity index (χ1n) is 6.78. The van der Waals surface area contributed by atoms with Gasteiger partial charge in [-0.25, -0.2) is 4.39 Å². The van der Waals surface area contributed by atoms with Crippen LogP contribution in [0, 0.1) is 11.7 Å². The summed E-state index contributed by atoms with van der Waals surface area (Å²) in [6.45, 7) is 3.71. The van der Waals surface area contributed by atoms with Crippen LogP contribution in [0.2, 0.25) is 0 Å². The van der Waals surface area contributed by atoms with Crippen molar-refractivity contribution in [3.8, 4) is 5.75 Å². The molecule has 0 radical (unpaired) electrons. The smallest absolute Gasteiger partial charge is 0.305 e. The molecule has 0 bridgehead atoms. The van der Waals surface area contributed by atoms with Crippen molar-refractivity contribution in [1.29, 1.82) is 0 Å². The van der Waals surface area contributed by atoms with Crippen LogP contribution in [-0.4, -0.2) is 29.6 Å². The molecule has 0 aliphatic heterocycles. The third kappa shape index (κ3) is 6.25. The molecule has 0 spiro atoms. The molecular weight excluding hydrogens is 277 g/mol. The molecule has 1 unspecified atom stereocenters. The maximum Gasteiger partial charge on any atom is 0.305 e. The monoisotopic (exact) mass is 297 g/mol. The number of rotatable bonds is 8. The first-order valence-corrected chi connectivity index (χ1v) is 6.78. The zero-order valence-electron chi connectivity index (χ0n) is 12.1. The Morgan fingerprint density at radius 1 is 1.33 bits per heavy atom. The molecule has 0 aromatic heterocycles. The van der Waals surface area contributed by atoms with Gasteiger partial charge in [-0.15, -0.1) is 0 Å². The molecule has 6 heteroatoms. The number of benzene rings is 1. The Morgan fingerprint density at radius 2 is 2.00 bits per heavy atom. The standard InChI is InChI=1S/C15H20FNO4/c1-10(2)12(9-15(19)20)17-14(18)7-8-21-13-6-4-3-5-11(13)16/h3-6,10,12H,7-9H2,1-2H3,(H,17,18)(H,19,20). The second kappa shape index (κ2) is 8.24. The highest BCUT2D eigenvalue weighted by atomic mass is 19.1. The number of halogens is 1. The molecule has 1 amide bonds. The number of hydrogen-bond acceptors (Lipinski definition) is 3. The Morgan fingerprint density at radius 3 is 2.57 bits per heavy atom. The molecule has 1 rings (SSSR count). The van der Waals surface area contributed by atoms with Gasteiger partial charge in [0.05, 0.1) is 19.4 Å². The molecular formula is C15H20FNO4. The Labute approximate surface area is 123 Å². The summed E-state index contributed by atoms with van der Waals surface area (Å²) in [5, 5.41) is 11.4. The molecule has 1 aromatic rings. The summed E-state index contributed by atoms with van der Waals surface area (Å²) in [7, 11) is 0. The summed E-state index contributed by atoms with van der Waals surface area (Å²) in [5.41, 5.74) is 0. The van der Waals surface area contributed by atoms with Crippen LogP contribution in [-0.2, 0) is 9.59 Å². The maximum absolute atomic E-state index is 13.3. The zero-order valence-corrected chi connectivity index (χ0v) is 12.1. The van der Waals surface area contributed by atoms with Gasteiger partial charge < -0.3 is 15.2 Å². The lowest BCUT2D eigenvalue weighted by Crippen LogP contribution is -2.40. The fourth-order valence-electron chi connectivity index (χ4n) is 1.74. The van der Waals surface area contributed by atoms with Crippen LogP contribution in [0.4, 0.5) is 4.39 Å². The number of carbonyl (C=O) groups is 2. The molecule has 0 aliphatic rings. The van der Waals surface area contributed by atoms with Gasteiger partial charge in [0.1, 0.15) is 0 Å². The lowest BCUT2D eigenvalue weighted by Gasteiger charge is -2.20. The first-order chi connectivity index (χ1) is 9.90. The van der Waals surface area contributed by atoms with Crippen molar-refractivity contribution >= 4 is 11.9 Å². The number of ether oxygens (including phenoxy) is 1. The Balaban J connectivity index is 2.39. The van der Waals surface area contributed by atoms with Crippen LogP contribution >= 0.6 is 0 Å². The van der Waals surface area contributed by atoms with Crippen LogP contribution in [0.3, 0.4) is 0 Å². The number of amides is 1. The minimum atomic E-state index is -0.961. The lowest BCUT2D eigenvalue weighted by atomic mass is 10.0. The molecule has 21 heavy (non-hydrogen) atoms. The van der Waals surface area contributed by atoms with Crippen LogP contribution in [0.1, 0.15) is 26.7 Å². The molecule has 1 aromatic carbocycles. The van der Waals surface area contributed by atoms with Gasteiger partial charge >= 0.3 is 5.97 Å². The molecule has 0 aliphatic carbocycles. The highest BCUT2D eigenvalue weighted by Crippen LogP contribution is 2.15. The number of carboxylic acid groups (broad SMARTS) is 1. The fraction of sp³-hybridized carbons (Fsp3) is 0.467. The minimum absolute atomic E-state index is 0.0116. The number of carbonyl (C=O) groups excluding carboxylic acids is 1. The molecule has 0 heterocycles. The summed E-state index contributed by atoms with van der Waals surface area (Å²) >= 11 is 0. The van der Waals surface area contributed by atoms with Gasteiger partial charge in [0.2, 0.25) is 5.91 Å². The van der Waals surface area contributed by atoms with Crippen molar-refractivity contribution in [2.75, 3.05) is 6.61 Å². The lowest BCUT2D eigenvalue weighted by molar-refractivity contribution is -0.138. The van der Waals surface area contributed by atoms with E-state index >= 15 is 0 Å². The van der Waals surface area contributed by atoms with Crippen molar-refractivity contribution in [1.82, 2.24) is 5.32 Å². The maximum atomic E-state index is 13.3. The number of aliphatic carboxylic acids is 1. The summed E-state index contributed by atoms with van der Waals surface area (Å²) in [6, 6.07) is 5.52. The Hall–Kier alpha value is -2.11. The average molecular weight is 297 g/mol. The van der Waals surface area contributed by atoms with Gasteiger partial charge in [0.25, 0.3) is 0 Å². The molecule has 1 atom stereocenters. The first kappa shape index (κ1) is 16.9. The van der Waals surface area contributed by atoms with Crippen LogP contribution in [0.5, 0.6) is 5.75 Å². The normalized spacial score (nSPS) is 12.0. The van der Waals surface area contributed by atoms with Crippen molar-refractivity contribution in [2.45, 2.75) is 32.7 Å². The second-order valence-electron chi connectivity index (χ2n) is 5.04. The van der Waals surface area contributed by atoms with E-state index in [4.69, 9.17) is 9.84 Å². The van der Waals surface area contributed by atoms with Gasteiger partial charge in [0.15, 0.2) is 11.6 Å². The van der Waals surface area contributed by atoms with E-state index in [1.54, 1.807) is 12.1 Å². The number of nitrogens with one attached hydrogen (secondary N) is 1. The minimum Gasteiger partial charge on any atom is -0.490 e. The number of hydrogen-bond donors (Lipinski definition) is 2. The predicted octanol–water partition coefficient (Wildman–Crippen LogP) is 2.21. The van der Waals surface area contributed by atoms with Gasteiger partial charge in [-0.2, -0.15) is 0 Å². The van der Waals surface area contributed by atoms with Crippen LogP contribution in [0.15, 0.2) is 24.3 Å². The SMILES string of the molecule is CC(C)C(CC(=O)O)NC(=O)CCOc1ccccc1F. The molecule has 5 nitrogen and oxygen atoms in total. The molecule has 116 valence electrons. The van der Waals surface area contributed by atoms with Crippen molar-refractivity contribution in [2.24, 2.45) is 5.92 Å². The fourth-order valence-corrected chi connectivity index (χ4v) is 1.74. The van der Waals surface area contributed by atoms with Crippen molar-refractivity contribution in [3.05, 3.63) is 30.1 Å². The van der Waals surface area contributed by atoms with Gasteiger partial charge in [-0.1, -0.05) is 26.0 Å². The zero-order chi connectivity index (χ0) is 15.8. The molecule has 0 saturated carbocycles. The van der Waals surface area contributed by atoms with E-state index in [0.717, 1.165) is 0 Å². The van der Waals surface area contributed by atoms with Crippen molar-refractivity contribution < 1.29 is 23.8 Å². The van der Waals surface area contributed by atoms with Crippen molar-refractivity contribution in [3.63, 3.8) is 0 Å². The van der Waals surface area contributed by atoms with Gasteiger partial charge in [0, 0.05) is 6.04 Å². The van der Waals surface area contributed by atoms with E-state index in [0.29, 0.717) is 0 Å². The van der Waals surface area contributed by atoms with E-state index in [1.807, 2.05) is 13.8 Å². The molecule has 0 fully saturated rings. The van der Waals surface area contributed by atoms with E-state index in [-0.39, 0.29) is 37.0 Å². The Bertz CT molecular complexity index is 490. The molecule has 2 N–H and O–H groups in total. The molecule has 0 saturated heterocycles. The summed E-state index contributed by atoms with van der Waals surface area (Å²) in [6.07, 6.45) is -0.0885. The van der Waals surface area contributed by atoms with Crippen LogP contribution < -0.4 is 10.1 Å². The predicted molar refractivity (Wildman–Crippen MR) is 75.5 cm³/mol. The average Bonchev–Trinajstić information content (AvgIpc) is 2.39. The third-order valence-electron chi connectivity index (χ3n) is 2.97. The highest BCUT2D eigenvalue weighted by Gasteiger charge is 2.19. The number of carboxylic acids is 1. The third-order valence-corrected chi connectivity index (χ3v) is 2.97. The largest absolute Gasteiger partial charge is 0.490 e. The van der Waals surface area contributed by atoms with E-state index < -0.39 is 17.8 Å². The summed E-state index contributed by atoms with van der Waals surface area (Å²) in [5.74, 6) is -1.65. The topological polar surface area (TPSA) is 75.6 Å². The summed E-state index contributed by atoms with van der Waals surface area (Å²) < 4.78 is 18.5. The van der Waals surface area contributed by atoms with E-state index in [9.17, 15) is 14.0 Å². The van der Waals surface area contributed by atoms with E-state index in [1.165, 1.54) is 12.1 Å². The van der Waals surface area contributed by atoms with Gasteiger partial charge in [-0.05, 0) is 18.1 Å². The quantitative estimate of drug-likeness (QED) is 0.771.